The van der Waals surface area contributed by atoms with Gasteiger partial charge in [0.2, 0.25) is 5.91 Å². The second-order valence-electron chi connectivity index (χ2n) is 7.12. The number of amides is 1. The molecule has 1 amide bonds. The van der Waals surface area contributed by atoms with Crippen LogP contribution >= 0.6 is 0 Å². The number of nitrogens with zero attached hydrogens (tertiary/aromatic N) is 1. The molecular weight excluding hydrogens is 352 g/mol. The number of rotatable bonds is 9. The van der Waals surface area contributed by atoms with Gasteiger partial charge in [0, 0.05) is 32.6 Å². The molecule has 1 aliphatic heterocycles. The zero-order valence-electron chi connectivity index (χ0n) is 16.6. The molecule has 0 radical (unpaired) electrons. The Hall–Kier alpha value is -2.37. The van der Waals surface area contributed by atoms with Crippen molar-refractivity contribution >= 4 is 5.91 Å². The normalized spacial score (nSPS) is 17.2. The summed E-state index contributed by atoms with van der Waals surface area (Å²) in [6.07, 6.45) is 2.36. The lowest BCUT2D eigenvalue weighted by Crippen LogP contribution is -2.39. The van der Waals surface area contributed by atoms with Crippen LogP contribution in [-0.2, 0) is 16.0 Å². The zero-order chi connectivity index (χ0) is 19.6. The minimum Gasteiger partial charge on any atom is -0.497 e. The minimum absolute atomic E-state index is 0.111. The maximum atomic E-state index is 12.1. The molecule has 3 rings (SSSR count). The molecule has 2 aromatic carbocycles. The molecule has 28 heavy (non-hydrogen) atoms. The molecule has 0 aromatic heterocycles. The third-order valence-corrected chi connectivity index (χ3v) is 5.10. The number of benzene rings is 2. The van der Waals surface area contributed by atoms with Gasteiger partial charge in [-0.25, -0.2) is 0 Å². The quantitative estimate of drug-likeness (QED) is 0.677. The van der Waals surface area contributed by atoms with Gasteiger partial charge in [-0.3, -0.25) is 9.69 Å². The van der Waals surface area contributed by atoms with Crippen LogP contribution in [-0.4, -0.2) is 50.7 Å². The summed E-state index contributed by atoms with van der Waals surface area (Å²) >= 11 is 0. The first-order valence-electron chi connectivity index (χ1n) is 10.0. The third-order valence-electron chi connectivity index (χ3n) is 5.10. The largest absolute Gasteiger partial charge is 0.497 e. The highest BCUT2D eigenvalue weighted by Gasteiger charge is 2.21. The van der Waals surface area contributed by atoms with Crippen LogP contribution in [0.1, 0.15) is 30.1 Å². The van der Waals surface area contributed by atoms with E-state index in [-0.39, 0.29) is 12.0 Å². The number of ether oxygens (including phenoxy) is 2. The Kier molecular flexibility index (Phi) is 7.88. The Bertz CT molecular complexity index is 718. The van der Waals surface area contributed by atoms with E-state index in [0.29, 0.717) is 6.42 Å². The number of aryl methyl sites for hydroxylation is 1. The molecule has 0 saturated carbocycles. The average molecular weight is 383 g/mol. The van der Waals surface area contributed by atoms with Crippen molar-refractivity contribution in [2.75, 3.05) is 39.9 Å². The maximum Gasteiger partial charge on any atom is 0.220 e. The summed E-state index contributed by atoms with van der Waals surface area (Å²) in [5.41, 5.74) is 2.38. The molecule has 1 aliphatic rings. The van der Waals surface area contributed by atoms with Gasteiger partial charge in [0.25, 0.3) is 0 Å². The molecule has 1 fully saturated rings. The van der Waals surface area contributed by atoms with Crippen molar-refractivity contribution < 1.29 is 14.3 Å². The molecule has 1 saturated heterocycles. The Labute approximate surface area is 167 Å². The highest BCUT2D eigenvalue weighted by atomic mass is 16.5. The van der Waals surface area contributed by atoms with Crippen molar-refractivity contribution in [3.8, 4) is 5.75 Å². The molecule has 1 atom stereocenters. The molecule has 1 N–H and O–H groups in total. The summed E-state index contributed by atoms with van der Waals surface area (Å²) in [7, 11) is 1.65. The summed E-state index contributed by atoms with van der Waals surface area (Å²) in [4.78, 5) is 14.5. The Balaban J connectivity index is 1.31. The van der Waals surface area contributed by atoms with Crippen molar-refractivity contribution in [3.63, 3.8) is 0 Å². The fourth-order valence-corrected chi connectivity index (χ4v) is 3.44. The van der Waals surface area contributed by atoms with Crippen molar-refractivity contribution in [2.24, 2.45) is 0 Å². The molecule has 0 spiro atoms. The number of methoxy groups -OCH3 is 1. The monoisotopic (exact) mass is 382 g/mol. The maximum absolute atomic E-state index is 12.1. The van der Waals surface area contributed by atoms with Crippen molar-refractivity contribution in [1.29, 1.82) is 0 Å². The van der Waals surface area contributed by atoms with Gasteiger partial charge in [0.05, 0.1) is 19.8 Å². The van der Waals surface area contributed by atoms with Crippen LogP contribution in [0.25, 0.3) is 0 Å². The smallest absolute Gasteiger partial charge is 0.220 e. The van der Waals surface area contributed by atoms with Gasteiger partial charge in [0.1, 0.15) is 5.75 Å². The van der Waals surface area contributed by atoms with E-state index in [4.69, 9.17) is 9.47 Å². The number of hydrogen-bond donors (Lipinski definition) is 1. The van der Waals surface area contributed by atoms with E-state index in [1.165, 1.54) is 5.56 Å². The summed E-state index contributed by atoms with van der Waals surface area (Å²) in [6.45, 7) is 4.32. The van der Waals surface area contributed by atoms with E-state index in [9.17, 15) is 4.79 Å². The Morgan fingerprint density at radius 3 is 2.71 bits per heavy atom. The molecule has 1 heterocycles. The first-order chi connectivity index (χ1) is 13.7. The number of carbonyl (C=O) groups is 1. The molecule has 150 valence electrons. The van der Waals surface area contributed by atoms with Gasteiger partial charge >= 0.3 is 0 Å². The van der Waals surface area contributed by atoms with Crippen molar-refractivity contribution in [1.82, 2.24) is 10.2 Å². The third kappa shape index (κ3) is 6.36. The molecule has 5 heteroatoms. The zero-order valence-corrected chi connectivity index (χ0v) is 16.6. The van der Waals surface area contributed by atoms with Gasteiger partial charge < -0.3 is 14.8 Å². The number of carbonyl (C=O) groups excluding carboxylic acids is 1. The van der Waals surface area contributed by atoms with E-state index in [1.54, 1.807) is 7.11 Å². The van der Waals surface area contributed by atoms with Crippen LogP contribution < -0.4 is 10.1 Å². The van der Waals surface area contributed by atoms with Crippen LogP contribution in [0.15, 0.2) is 54.6 Å². The molecule has 2 aromatic rings. The summed E-state index contributed by atoms with van der Waals surface area (Å²) < 4.78 is 11.1. The second kappa shape index (κ2) is 10.8. The summed E-state index contributed by atoms with van der Waals surface area (Å²) in [6, 6.07) is 18.3. The van der Waals surface area contributed by atoms with Crippen LogP contribution in [0.4, 0.5) is 0 Å². The Morgan fingerprint density at radius 2 is 1.96 bits per heavy atom. The Morgan fingerprint density at radius 1 is 1.18 bits per heavy atom. The van der Waals surface area contributed by atoms with Crippen LogP contribution in [0.5, 0.6) is 5.75 Å². The minimum atomic E-state index is 0.111. The van der Waals surface area contributed by atoms with Gasteiger partial charge in [-0.2, -0.15) is 0 Å². The first-order valence-corrected chi connectivity index (χ1v) is 10.0. The predicted octanol–water partition coefficient (Wildman–Crippen LogP) is 3.21. The number of nitrogens with one attached hydrogen (secondary N) is 1. The molecule has 0 aliphatic carbocycles. The lowest BCUT2D eigenvalue weighted by atomic mass is 10.1. The van der Waals surface area contributed by atoms with Crippen molar-refractivity contribution in [2.45, 2.75) is 25.4 Å². The fourth-order valence-electron chi connectivity index (χ4n) is 3.44. The average Bonchev–Trinajstić information content (AvgIpc) is 2.76. The van der Waals surface area contributed by atoms with E-state index in [1.807, 2.05) is 30.3 Å². The van der Waals surface area contributed by atoms with Gasteiger partial charge in [-0.05, 0) is 36.1 Å². The van der Waals surface area contributed by atoms with E-state index in [2.05, 4.69) is 34.5 Å². The SMILES string of the molecule is COc1ccc(CCC(=O)NCCCN2CCO[C@H](c3ccccc3)C2)cc1. The van der Waals surface area contributed by atoms with Crippen LogP contribution in [0, 0.1) is 0 Å². The molecule has 5 nitrogen and oxygen atoms in total. The van der Waals surface area contributed by atoms with E-state index in [0.717, 1.165) is 56.9 Å². The molecular formula is C23H30N2O3. The number of morpholine rings is 1. The first kappa shape index (κ1) is 20.4. The predicted molar refractivity (Wildman–Crippen MR) is 111 cm³/mol. The summed E-state index contributed by atoms with van der Waals surface area (Å²) in [5.74, 6) is 0.950. The van der Waals surface area contributed by atoms with Crippen molar-refractivity contribution in [3.05, 3.63) is 65.7 Å². The molecule has 0 unspecified atom stereocenters. The van der Waals surface area contributed by atoms with Gasteiger partial charge in [0.15, 0.2) is 0 Å². The summed E-state index contributed by atoms with van der Waals surface area (Å²) in [5, 5.41) is 3.04. The van der Waals surface area contributed by atoms with E-state index < -0.39 is 0 Å². The van der Waals surface area contributed by atoms with Crippen LogP contribution in [0.2, 0.25) is 0 Å². The number of hydrogen-bond acceptors (Lipinski definition) is 4. The standard InChI is InChI=1S/C23H30N2O3/c1-27-21-11-8-19(9-12-21)10-13-23(26)24-14-5-15-25-16-17-28-22(18-25)20-6-3-2-4-7-20/h2-4,6-9,11-12,22H,5,10,13-18H2,1H3,(H,24,26)/t22-/m0/s1. The highest BCUT2D eigenvalue weighted by molar-refractivity contribution is 5.76. The fraction of sp³-hybridized carbons (Fsp3) is 0.435. The lowest BCUT2D eigenvalue weighted by Gasteiger charge is -2.33. The highest BCUT2D eigenvalue weighted by Crippen LogP contribution is 2.21. The topological polar surface area (TPSA) is 50.8 Å². The second-order valence-corrected chi connectivity index (χ2v) is 7.12. The molecule has 0 bridgehead atoms. The van der Waals surface area contributed by atoms with Crippen LogP contribution in [0.3, 0.4) is 0 Å². The van der Waals surface area contributed by atoms with E-state index >= 15 is 0 Å². The lowest BCUT2D eigenvalue weighted by molar-refractivity contribution is -0.121. The van der Waals surface area contributed by atoms with Gasteiger partial charge in [-0.15, -0.1) is 0 Å². The van der Waals surface area contributed by atoms with Gasteiger partial charge in [-0.1, -0.05) is 42.5 Å².